The van der Waals surface area contributed by atoms with Crippen LogP contribution in [0.2, 0.25) is 0 Å². The third-order valence-electron chi connectivity index (χ3n) is 4.73. The van der Waals surface area contributed by atoms with Gasteiger partial charge in [0.2, 0.25) is 11.8 Å². The lowest BCUT2D eigenvalue weighted by Gasteiger charge is -2.27. The first-order valence-corrected chi connectivity index (χ1v) is 6.86. The van der Waals surface area contributed by atoms with Crippen molar-refractivity contribution in [1.82, 2.24) is 4.90 Å². The molecule has 3 aliphatic rings. The number of aliphatic hydroxyl groups is 1. The van der Waals surface area contributed by atoms with Crippen LogP contribution >= 0.6 is 0 Å². The van der Waals surface area contributed by atoms with E-state index in [1.165, 1.54) is 4.90 Å². The van der Waals surface area contributed by atoms with E-state index in [0.717, 1.165) is 19.3 Å². The number of likely N-dealkylation sites (tertiary alicyclic amines) is 1. The average molecular weight is 249 g/mol. The van der Waals surface area contributed by atoms with Crippen molar-refractivity contribution in [1.29, 1.82) is 0 Å². The number of fused-ring (bicyclic) bond motifs is 1. The Morgan fingerprint density at radius 2 is 1.72 bits per heavy atom. The minimum absolute atomic E-state index is 0.000278. The third kappa shape index (κ3) is 1.62. The first-order valence-electron chi connectivity index (χ1n) is 6.86. The predicted molar refractivity (Wildman–Crippen MR) is 65.4 cm³/mol. The summed E-state index contributed by atoms with van der Waals surface area (Å²) in [5, 5.41) is 9.37. The maximum absolute atomic E-state index is 12.4. The molecule has 98 valence electrons. The molecule has 4 atom stereocenters. The van der Waals surface area contributed by atoms with E-state index in [1.54, 1.807) is 0 Å². The van der Waals surface area contributed by atoms with Gasteiger partial charge in [-0.25, -0.2) is 0 Å². The van der Waals surface area contributed by atoms with Crippen LogP contribution in [0.4, 0.5) is 0 Å². The summed E-state index contributed by atoms with van der Waals surface area (Å²) >= 11 is 0. The monoisotopic (exact) mass is 249 g/mol. The van der Waals surface area contributed by atoms with E-state index in [0.29, 0.717) is 12.8 Å². The smallest absolute Gasteiger partial charge is 0.233 e. The number of hydrogen-bond acceptors (Lipinski definition) is 3. The van der Waals surface area contributed by atoms with Crippen LogP contribution in [-0.2, 0) is 9.59 Å². The number of allylic oxidation sites excluding steroid dienone is 2. The minimum atomic E-state index is -0.137. The fraction of sp³-hybridized carbons (Fsp3) is 0.714. The first-order chi connectivity index (χ1) is 8.74. The summed E-state index contributed by atoms with van der Waals surface area (Å²) in [5.74, 6) is -0.185. The van der Waals surface area contributed by atoms with Crippen LogP contribution in [-0.4, -0.2) is 34.5 Å². The summed E-state index contributed by atoms with van der Waals surface area (Å²) in [6, 6.07) is -0.0550. The summed E-state index contributed by atoms with van der Waals surface area (Å²) in [6.45, 7) is 0.0787. The highest BCUT2D eigenvalue weighted by atomic mass is 16.3. The standard InChI is InChI=1S/C14H19NO3/c16-8-9-4-3-7-12(9)15-13(17)10-5-1-2-6-11(10)14(15)18/h1-2,9-12,16H,3-8H2/t9?,10-,11+,12?. The van der Waals surface area contributed by atoms with Gasteiger partial charge in [-0.15, -0.1) is 0 Å². The molecule has 1 saturated heterocycles. The van der Waals surface area contributed by atoms with Crippen molar-refractivity contribution >= 4 is 11.8 Å². The minimum Gasteiger partial charge on any atom is -0.396 e. The van der Waals surface area contributed by atoms with Gasteiger partial charge in [0.15, 0.2) is 0 Å². The van der Waals surface area contributed by atoms with Gasteiger partial charge in [-0.3, -0.25) is 14.5 Å². The van der Waals surface area contributed by atoms with E-state index in [1.807, 2.05) is 12.2 Å². The topological polar surface area (TPSA) is 57.6 Å². The number of carbonyl (C=O) groups excluding carboxylic acids is 2. The molecular weight excluding hydrogens is 230 g/mol. The van der Waals surface area contributed by atoms with Gasteiger partial charge in [0.1, 0.15) is 0 Å². The molecular formula is C14H19NO3. The number of imide groups is 1. The summed E-state index contributed by atoms with van der Waals surface area (Å²) in [5.41, 5.74) is 0. The number of hydrogen-bond donors (Lipinski definition) is 1. The van der Waals surface area contributed by atoms with Crippen molar-refractivity contribution in [2.24, 2.45) is 17.8 Å². The van der Waals surface area contributed by atoms with Crippen LogP contribution in [0.5, 0.6) is 0 Å². The SMILES string of the molecule is O=C1[C@H]2CC=CC[C@H]2C(=O)N1C1CCCC1CO. The van der Waals surface area contributed by atoms with Gasteiger partial charge in [0.25, 0.3) is 0 Å². The second-order valence-electron chi connectivity index (χ2n) is 5.64. The molecule has 18 heavy (non-hydrogen) atoms. The van der Waals surface area contributed by atoms with Crippen molar-refractivity contribution in [3.63, 3.8) is 0 Å². The maximum Gasteiger partial charge on any atom is 0.233 e. The molecule has 2 aliphatic carbocycles. The Morgan fingerprint density at radius 1 is 1.11 bits per heavy atom. The molecule has 0 aromatic heterocycles. The largest absolute Gasteiger partial charge is 0.396 e. The van der Waals surface area contributed by atoms with Gasteiger partial charge in [0.05, 0.1) is 11.8 Å². The highest BCUT2D eigenvalue weighted by Gasteiger charge is 2.51. The number of aliphatic hydroxyl groups excluding tert-OH is 1. The van der Waals surface area contributed by atoms with Gasteiger partial charge < -0.3 is 5.11 Å². The summed E-state index contributed by atoms with van der Waals surface area (Å²) < 4.78 is 0. The summed E-state index contributed by atoms with van der Waals surface area (Å²) in [4.78, 5) is 26.3. The Labute approximate surface area is 107 Å². The van der Waals surface area contributed by atoms with Crippen LogP contribution in [0.15, 0.2) is 12.2 Å². The molecule has 1 aliphatic heterocycles. The molecule has 0 bridgehead atoms. The number of nitrogens with zero attached hydrogens (tertiary/aromatic N) is 1. The van der Waals surface area contributed by atoms with Crippen molar-refractivity contribution in [2.45, 2.75) is 38.1 Å². The van der Waals surface area contributed by atoms with Crippen molar-refractivity contribution in [3.05, 3.63) is 12.2 Å². The van der Waals surface area contributed by atoms with Crippen molar-refractivity contribution in [2.75, 3.05) is 6.61 Å². The molecule has 0 aromatic carbocycles. The quantitative estimate of drug-likeness (QED) is 0.589. The zero-order valence-corrected chi connectivity index (χ0v) is 10.4. The number of amides is 2. The van der Waals surface area contributed by atoms with E-state index < -0.39 is 0 Å². The highest BCUT2D eigenvalue weighted by Crippen LogP contribution is 2.40. The molecule has 3 rings (SSSR count). The Bertz CT molecular complexity index is 378. The van der Waals surface area contributed by atoms with Gasteiger partial charge in [0, 0.05) is 18.6 Å². The summed E-state index contributed by atoms with van der Waals surface area (Å²) in [6.07, 6.45) is 8.19. The van der Waals surface area contributed by atoms with Gasteiger partial charge in [-0.2, -0.15) is 0 Å². The molecule has 4 heteroatoms. The fourth-order valence-corrected chi connectivity index (χ4v) is 3.72. The lowest BCUT2D eigenvalue weighted by Crippen LogP contribution is -2.43. The molecule has 1 N–H and O–H groups in total. The van der Waals surface area contributed by atoms with E-state index in [4.69, 9.17) is 0 Å². The normalized spacial score (nSPS) is 39.5. The second-order valence-corrected chi connectivity index (χ2v) is 5.64. The lowest BCUT2D eigenvalue weighted by molar-refractivity contribution is -0.143. The van der Waals surface area contributed by atoms with Crippen LogP contribution < -0.4 is 0 Å². The van der Waals surface area contributed by atoms with Gasteiger partial charge in [-0.1, -0.05) is 18.6 Å². The van der Waals surface area contributed by atoms with Gasteiger partial charge >= 0.3 is 0 Å². The number of rotatable bonds is 2. The van der Waals surface area contributed by atoms with E-state index in [-0.39, 0.29) is 42.2 Å². The van der Waals surface area contributed by atoms with Crippen LogP contribution in [0.3, 0.4) is 0 Å². The molecule has 0 aromatic rings. The summed E-state index contributed by atoms with van der Waals surface area (Å²) in [7, 11) is 0. The second kappa shape index (κ2) is 4.50. The molecule has 2 fully saturated rings. The first kappa shape index (κ1) is 11.9. The Hall–Kier alpha value is -1.16. The fourth-order valence-electron chi connectivity index (χ4n) is 3.72. The van der Waals surface area contributed by atoms with Gasteiger partial charge in [-0.05, 0) is 25.7 Å². The molecule has 2 amide bonds. The van der Waals surface area contributed by atoms with Crippen LogP contribution in [0, 0.1) is 17.8 Å². The molecule has 2 unspecified atom stereocenters. The Balaban J connectivity index is 1.85. The van der Waals surface area contributed by atoms with Crippen molar-refractivity contribution in [3.8, 4) is 0 Å². The predicted octanol–water partition coefficient (Wildman–Crippen LogP) is 1.10. The van der Waals surface area contributed by atoms with Crippen molar-refractivity contribution < 1.29 is 14.7 Å². The zero-order chi connectivity index (χ0) is 12.7. The molecule has 1 heterocycles. The maximum atomic E-state index is 12.4. The lowest BCUT2D eigenvalue weighted by atomic mass is 9.85. The highest BCUT2D eigenvalue weighted by molar-refractivity contribution is 6.05. The molecule has 1 saturated carbocycles. The van der Waals surface area contributed by atoms with E-state index in [9.17, 15) is 14.7 Å². The molecule has 0 radical (unpaired) electrons. The molecule has 0 spiro atoms. The van der Waals surface area contributed by atoms with E-state index >= 15 is 0 Å². The zero-order valence-electron chi connectivity index (χ0n) is 10.4. The Kier molecular flexibility index (Phi) is 2.98. The third-order valence-corrected chi connectivity index (χ3v) is 4.73. The average Bonchev–Trinajstić information content (AvgIpc) is 2.95. The number of carbonyl (C=O) groups is 2. The molecule has 4 nitrogen and oxygen atoms in total. The van der Waals surface area contributed by atoms with Crippen LogP contribution in [0.1, 0.15) is 32.1 Å². The van der Waals surface area contributed by atoms with Crippen LogP contribution in [0.25, 0.3) is 0 Å². The Morgan fingerprint density at radius 3 is 2.28 bits per heavy atom. The van der Waals surface area contributed by atoms with E-state index in [2.05, 4.69) is 0 Å².